The molecule has 3 rings (SSSR count). The summed E-state index contributed by atoms with van der Waals surface area (Å²) in [6, 6.07) is 11.8. The monoisotopic (exact) mass is 439 g/mol. The van der Waals surface area contributed by atoms with E-state index in [0.29, 0.717) is 28.9 Å². The van der Waals surface area contributed by atoms with E-state index in [0.717, 1.165) is 11.1 Å². The third kappa shape index (κ3) is 4.37. The van der Waals surface area contributed by atoms with Gasteiger partial charge in [0.25, 0.3) is 11.7 Å². The van der Waals surface area contributed by atoms with Crippen LogP contribution < -0.4 is 4.74 Å². The van der Waals surface area contributed by atoms with Gasteiger partial charge in [0.2, 0.25) is 0 Å². The smallest absolute Gasteiger partial charge is 0.295 e. The number of ether oxygens (including phenoxy) is 1. The molecule has 1 N–H and O–H groups in total. The van der Waals surface area contributed by atoms with Crippen molar-refractivity contribution in [3.8, 4) is 5.75 Å². The summed E-state index contributed by atoms with van der Waals surface area (Å²) in [6.45, 7) is 10.4. The molecule has 0 unspecified atom stereocenters. The van der Waals surface area contributed by atoms with Gasteiger partial charge in [0, 0.05) is 12.1 Å². The minimum atomic E-state index is -0.734. The Balaban J connectivity index is 2.14. The van der Waals surface area contributed by atoms with Crippen LogP contribution in [0.1, 0.15) is 49.4 Å². The Bertz CT molecular complexity index is 1040. The predicted octanol–water partition coefficient (Wildman–Crippen LogP) is 5.47. The highest BCUT2D eigenvalue weighted by Gasteiger charge is 2.45. The molecule has 0 saturated carbocycles. The van der Waals surface area contributed by atoms with Gasteiger partial charge >= 0.3 is 0 Å². The molecule has 2 aromatic rings. The van der Waals surface area contributed by atoms with E-state index < -0.39 is 17.7 Å². The van der Waals surface area contributed by atoms with Gasteiger partial charge in [-0.15, -0.1) is 6.58 Å². The lowest BCUT2D eigenvalue weighted by molar-refractivity contribution is -0.139. The Hall–Kier alpha value is -3.05. The zero-order chi connectivity index (χ0) is 22.7. The topological polar surface area (TPSA) is 66.8 Å². The van der Waals surface area contributed by atoms with Crippen molar-refractivity contribution in [3.63, 3.8) is 0 Å². The highest BCUT2D eigenvalue weighted by atomic mass is 35.5. The van der Waals surface area contributed by atoms with Gasteiger partial charge in [-0.05, 0) is 42.2 Å². The second-order valence-corrected chi connectivity index (χ2v) is 8.05. The molecule has 1 aliphatic rings. The molecule has 0 bridgehead atoms. The van der Waals surface area contributed by atoms with Crippen LogP contribution in [0.25, 0.3) is 5.76 Å². The quantitative estimate of drug-likeness (QED) is 0.269. The Morgan fingerprint density at radius 3 is 2.45 bits per heavy atom. The van der Waals surface area contributed by atoms with Gasteiger partial charge in [0.15, 0.2) is 0 Å². The normalized spacial score (nSPS) is 18.0. The van der Waals surface area contributed by atoms with Crippen molar-refractivity contribution in [2.75, 3.05) is 13.2 Å². The van der Waals surface area contributed by atoms with Gasteiger partial charge in [0.1, 0.15) is 11.5 Å². The number of amides is 1. The van der Waals surface area contributed by atoms with Crippen LogP contribution in [0.5, 0.6) is 5.75 Å². The number of ketones is 1. The maximum absolute atomic E-state index is 12.9. The van der Waals surface area contributed by atoms with Gasteiger partial charge in [-0.1, -0.05) is 55.8 Å². The Morgan fingerprint density at radius 2 is 1.90 bits per heavy atom. The van der Waals surface area contributed by atoms with Crippen LogP contribution in [-0.2, 0) is 9.59 Å². The number of nitrogens with zero attached hydrogens (tertiary/aromatic N) is 1. The van der Waals surface area contributed by atoms with Crippen LogP contribution in [0, 0.1) is 0 Å². The molecule has 1 fully saturated rings. The van der Waals surface area contributed by atoms with Crippen LogP contribution in [-0.4, -0.2) is 34.8 Å². The number of rotatable bonds is 7. The number of Topliss-reactive ketones (excluding diaryl/α,β-unsaturated/α-hetero) is 1. The Kier molecular flexibility index (Phi) is 6.86. The number of likely N-dealkylation sites (tertiary alicyclic amines) is 1. The standard InChI is InChI=1S/C25H26ClNO4/c1-5-13-27-22(17-9-7-16(8-10-17)15(3)4)21(24(29)25(27)30)23(28)18-11-12-20(31-6-2)19(26)14-18/h5,7-12,14-15,22,28H,1,6,13H2,2-4H3/t22-/m1/s1. The van der Waals surface area contributed by atoms with Gasteiger partial charge in [0.05, 0.1) is 23.2 Å². The van der Waals surface area contributed by atoms with E-state index in [2.05, 4.69) is 20.4 Å². The summed E-state index contributed by atoms with van der Waals surface area (Å²) in [4.78, 5) is 27.1. The van der Waals surface area contributed by atoms with Crippen LogP contribution in [0.3, 0.4) is 0 Å². The molecule has 0 aliphatic carbocycles. The van der Waals surface area contributed by atoms with Gasteiger partial charge in [-0.2, -0.15) is 0 Å². The summed E-state index contributed by atoms with van der Waals surface area (Å²) in [5, 5.41) is 11.4. The van der Waals surface area contributed by atoms with E-state index in [4.69, 9.17) is 16.3 Å². The first-order chi connectivity index (χ1) is 14.8. The summed E-state index contributed by atoms with van der Waals surface area (Å²) < 4.78 is 5.43. The van der Waals surface area contributed by atoms with Crippen molar-refractivity contribution >= 4 is 29.1 Å². The van der Waals surface area contributed by atoms with Crippen LogP contribution in [0.2, 0.25) is 5.02 Å². The molecule has 5 nitrogen and oxygen atoms in total. The molecule has 1 atom stereocenters. The highest BCUT2D eigenvalue weighted by Crippen LogP contribution is 2.40. The summed E-state index contributed by atoms with van der Waals surface area (Å²) in [7, 11) is 0. The number of carbonyl (C=O) groups excluding carboxylic acids is 2. The van der Waals surface area contributed by atoms with Crippen molar-refractivity contribution in [1.29, 1.82) is 0 Å². The summed E-state index contributed by atoms with van der Waals surface area (Å²) in [5.74, 6) is -0.847. The number of hydrogen-bond donors (Lipinski definition) is 1. The van der Waals surface area contributed by atoms with Crippen molar-refractivity contribution in [1.82, 2.24) is 4.90 Å². The first-order valence-electron chi connectivity index (χ1n) is 10.2. The van der Waals surface area contributed by atoms with Crippen LogP contribution in [0.15, 0.2) is 60.7 Å². The molecule has 162 valence electrons. The van der Waals surface area contributed by atoms with E-state index in [1.54, 1.807) is 18.2 Å². The maximum Gasteiger partial charge on any atom is 0.295 e. The van der Waals surface area contributed by atoms with Gasteiger partial charge in [-0.3, -0.25) is 9.59 Å². The lowest BCUT2D eigenvalue weighted by Gasteiger charge is -2.24. The third-order valence-electron chi connectivity index (χ3n) is 5.29. The molecule has 1 aliphatic heterocycles. The third-order valence-corrected chi connectivity index (χ3v) is 5.59. The zero-order valence-corrected chi connectivity index (χ0v) is 18.6. The van der Waals surface area contributed by atoms with Crippen molar-refractivity contribution in [3.05, 3.63) is 82.4 Å². The van der Waals surface area contributed by atoms with E-state index in [9.17, 15) is 14.7 Å². The second-order valence-electron chi connectivity index (χ2n) is 7.64. The zero-order valence-electron chi connectivity index (χ0n) is 17.9. The number of carbonyl (C=O) groups is 2. The lowest BCUT2D eigenvalue weighted by atomic mass is 9.93. The van der Waals surface area contributed by atoms with Crippen molar-refractivity contribution in [2.45, 2.75) is 32.7 Å². The number of aliphatic hydroxyl groups excluding tert-OH is 1. The van der Waals surface area contributed by atoms with E-state index >= 15 is 0 Å². The number of hydrogen-bond acceptors (Lipinski definition) is 4. The van der Waals surface area contributed by atoms with Crippen molar-refractivity contribution < 1.29 is 19.4 Å². The summed E-state index contributed by atoms with van der Waals surface area (Å²) >= 11 is 6.27. The van der Waals surface area contributed by atoms with Crippen molar-refractivity contribution in [2.24, 2.45) is 0 Å². The molecule has 0 spiro atoms. The molecule has 0 aromatic heterocycles. The molecule has 1 saturated heterocycles. The molecular weight excluding hydrogens is 414 g/mol. The fourth-order valence-corrected chi connectivity index (χ4v) is 3.93. The average Bonchev–Trinajstić information content (AvgIpc) is 3.00. The molecular formula is C25H26ClNO4. The minimum Gasteiger partial charge on any atom is -0.507 e. The Morgan fingerprint density at radius 1 is 1.23 bits per heavy atom. The first-order valence-corrected chi connectivity index (χ1v) is 10.6. The number of halogens is 1. The number of benzene rings is 2. The van der Waals surface area contributed by atoms with E-state index in [1.165, 1.54) is 11.0 Å². The number of aliphatic hydroxyl groups is 1. The fourth-order valence-electron chi connectivity index (χ4n) is 3.69. The Labute approximate surface area is 187 Å². The molecule has 2 aromatic carbocycles. The lowest BCUT2D eigenvalue weighted by Crippen LogP contribution is -2.29. The van der Waals surface area contributed by atoms with Gasteiger partial charge < -0.3 is 14.7 Å². The van der Waals surface area contributed by atoms with E-state index in [1.807, 2.05) is 31.2 Å². The summed E-state index contributed by atoms with van der Waals surface area (Å²) in [6.07, 6.45) is 1.56. The van der Waals surface area contributed by atoms with E-state index in [-0.39, 0.29) is 17.9 Å². The molecule has 31 heavy (non-hydrogen) atoms. The first kappa shape index (κ1) is 22.6. The van der Waals surface area contributed by atoms with Crippen LogP contribution in [0.4, 0.5) is 0 Å². The second kappa shape index (κ2) is 9.40. The largest absolute Gasteiger partial charge is 0.507 e. The fraction of sp³-hybridized carbons (Fsp3) is 0.280. The predicted molar refractivity (Wildman–Crippen MR) is 122 cm³/mol. The minimum absolute atomic E-state index is 0.0318. The molecule has 1 amide bonds. The average molecular weight is 440 g/mol. The van der Waals surface area contributed by atoms with Gasteiger partial charge in [-0.25, -0.2) is 0 Å². The molecule has 0 radical (unpaired) electrons. The molecule has 1 heterocycles. The highest BCUT2D eigenvalue weighted by molar-refractivity contribution is 6.46. The van der Waals surface area contributed by atoms with Crippen LogP contribution >= 0.6 is 11.6 Å². The summed E-state index contributed by atoms with van der Waals surface area (Å²) in [5.41, 5.74) is 2.25. The SMILES string of the molecule is C=CCN1C(=O)C(=O)C(=C(O)c2ccc(OCC)c(Cl)c2)[C@H]1c1ccc(C(C)C)cc1. The molecule has 6 heteroatoms. The maximum atomic E-state index is 12.9.